The molecule has 51 heavy (non-hydrogen) atoms. The fourth-order valence-electron chi connectivity index (χ4n) is 6.00. The number of ether oxygens (including phenoxy) is 1. The number of nitrogens with one attached hydrogen (secondary N) is 1. The van der Waals surface area contributed by atoms with Crippen molar-refractivity contribution in [2.45, 2.75) is 13.3 Å². The number of piperazine rings is 1. The molecule has 1 aliphatic rings. The normalized spacial score (nSPS) is 13.3. The molecule has 12 heteroatoms. The van der Waals surface area contributed by atoms with E-state index in [-0.39, 0.29) is 22.7 Å². The lowest BCUT2D eigenvalue weighted by molar-refractivity contribution is 0.0951. The molecule has 6 rings (SSSR count). The molecule has 0 spiro atoms. The van der Waals surface area contributed by atoms with E-state index in [9.17, 15) is 22.8 Å². The summed E-state index contributed by atoms with van der Waals surface area (Å²) in [5, 5.41) is 3.38. The lowest BCUT2D eigenvalue weighted by atomic mass is 9.99. The van der Waals surface area contributed by atoms with Crippen LogP contribution in [-0.2, 0) is 10.1 Å². The number of para-hydroxylation sites is 3. The van der Waals surface area contributed by atoms with Gasteiger partial charge in [-0.15, -0.1) is 0 Å². The summed E-state index contributed by atoms with van der Waals surface area (Å²) in [6.07, 6.45) is 1.51. The van der Waals surface area contributed by atoms with Crippen LogP contribution in [0.25, 0.3) is 22.3 Å². The van der Waals surface area contributed by atoms with Crippen LogP contribution in [0.3, 0.4) is 0 Å². The number of hydrogen-bond donors (Lipinski definition) is 2. The van der Waals surface area contributed by atoms with Crippen LogP contribution in [0.1, 0.15) is 38.3 Å². The summed E-state index contributed by atoms with van der Waals surface area (Å²) in [5.41, 5.74) is 3.73. The zero-order valence-corrected chi connectivity index (χ0v) is 29.6. The standard InChI is InChI=1S/C38H37N3O5.CH4O3S/c1-26-34(42)30-12-8-13-31(37(30)46-36(26)29-18-16-28(17-19-29)35(43)27-10-4-3-5-11-27)38(44)39-20-9-21-40-22-24-41(25-23-40)32-14-6-7-15-33(32)45-2;1-5(2,3)4/h3-8,10-19H,9,20-25H2,1-2H3,(H,39,44);1H3,(H,2,3,4). The van der Waals surface area contributed by atoms with Crippen LogP contribution in [0.5, 0.6) is 5.75 Å². The van der Waals surface area contributed by atoms with Crippen LogP contribution < -0.4 is 20.4 Å². The fourth-order valence-corrected chi connectivity index (χ4v) is 6.00. The van der Waals surface area contributed by atoms with Crippen LogP contribution in [0.15, 0.2) is 106 Å². The first-order valence-electron chi connectivity index (χ1n) is 16.5. The van der Waals surface area contributed by atoms with Crippen molar-refractivity contribution in [3.8, 4) is 17.1 Å². The first kappa shape index (κ1) is 37.0. The highest BCUT2D eigenvalue weighted by molar-refractivity contribution is 7.85. The molecule has 1 amide bonds. The second-order valence-corrected chi connectivity index (χ2v) is 13.6. The lowest BCUT2D eigenvalue weighted by Crippen LogP contribution is -2.47. The van der Waals surface area contributed by atoms with Gasteiger partial charge in [0, 0.05) is 55.0 Å². The van der Waals surface area contributed by atoms with Crippen molar-refractivity contribution in [3.63, 3.8) is 0 Å². The Morgan fingerprint density at radius 2 is 1.49 bits per heavy atom. The molecule has 0 saturated carbocycles. The molecule has 11 nitrogen and oxygen atoms in total. The zero-order chi connectivity index (χ0) is 36.5. The summed E-state index contributed by atoms with van der Waals surface area (Å²) in [6.45, 7) is 6.78. The van der Waals surface area contributed by atoms with E-state index in [0.717, 1.165) is 50.6 Å². The number of hydrogen-bond acceptors (Lipinski definition) is 9. The van der Waals surface area contributed by atoms with E-state index in [1.54, 1.807) is 68.6 Å². The summed E-state index contributed by atoms with van der Waals surface area (Å²) in [5.74, 6) is 0.897. The van der Waals surface area contributed by atoms with Crippen LogP contribution in [0.4, 0.5) is 5.69 Å². The molecule has 0 bridgehead atoms. The highest BCUT2D eigenvalue weighted by Crippen LogP contribution is 2.29. The zero-order valence-electron chi connectivity index (χ0n) is 28.8. The summed E-state index contributed by atoms with van der Waals surface area (Å²) in [6, 6.07) is 29.2. The molecule has 5 aromatic rings. The van der Waals surface area contributed by atoms with Gasteiger partial charge in [0.05, 0.1) is 30.0 Å². The van der Waals surface area contributed by atoms with Crippen LogP contribution in [0.2, 0.25) is 0 Å². The topological polar surface area (TPSA) is 146 Å². The minimum atomic E-state index is -3.67. The quantitative estimate of drug-likeness (QED) is 0.109. The average Bonchev–Trinajstić information content (AvgIpc) is 3.14. The van der Waals surface area contributed by atoms with Crippen LogP contribution >= 0.6 is 0 Å². The molecule has 266 valence electrons. The van der Waals surface area contributed by atoms with Gasteiger partial charge < -0.3 is 19.4 Å². The van der Waals surface area contributed by atoms with Crippen molar-refractivity contribution in [1.29, 1.82) is 0 Å². The Bertz CT molecular complexity index is 2150. The first-order valence-corrected chi connectivity index (χ1v) is 18.4. The van der Waals surface area contributed by atoms with Gasteiger partial charge >= 0.3 is 0 Å². The summed E-state index contributed by atoms with van der Waals surface area (Å²) >= 11 is 0. The van der Waals surface area contributed by atoms with Crippen molar-refractivity contribution >= 4 is 38.5 Å². The van der Waals surface area contributed by atoms with Gasteiger partial charge in [0.1, 0.15) is 11.5 Å². The van der Waals surface area contributed by atoms with E-state index in [0.29, 0.717) is 51.8 Å². The minimum Gasteiger partial charge on any atom is -0.495 e. The maximum Gasteiger partial charge on any atom is 0.261 e. The molecule has 1 saturated heterocycles. The molecule has 0 unspecified atom stereocenters. The monoisotopic (exact) mass is 711 g/mol. The van der Waals surface area contributed by atoms with Crippen molar-refractivity contribution in [2.75, 3.05) is 57.5 Å². The number of fused-ring (bicyclic) bond motifs is 1. The smallest absolute Gasteiger partial charge is 0.261 e. The van der Waals surface area contributed by atoms with E-state index in [4.69, 9.17) is 13.7 Å². The van der Waals surface area contributed by atoms with Crippen LogP contribution in [0, 0.1) is 6.92 Å². The maximum absolute atomic E-state index is 13.4. The third-order valence-corrected chi connectivity index (χ3v) is 8.57. The highest BCUT2D eigenvalue weighted by atomic mass is 32.2. The Morgan fingerprint density at radius 1 is 0.863 bits per heavy atom. The van der Waals surface area contributed by atoms with E-state index >= 15 is 0 Å². The maximum atomic E-state index is 13.4. The Hall–Kier alpha value is -5.30. The molecule has 0 aliphatic carbocycles. The van der Waals surface area contributed by atoms with Gasteiger partial charge in [0.2, 0.25) is 0 Å². The number of carbonyl (C=O) groups excluding carboxylic acids is 2. The highest BCUT2D eigenvalue weighted by Gasteiger charge is 2.21. The number of amides is 1. The van der Waals surface area contributed by atoms with Crippen molar-refractivity contribution in [1.82, 2.24) is 10.2 Å². The fraction of sp³-hybridized carbons (Fsp3) is 0.256. The molecule has 0 atom stereocenters. The van der Waals surface area contributed by atoms with E-state index in [1.165, 1.54) is 0 Å². The summed E-state index contributed by atoms with van der Waals surface area (Å²) in [7, 11) is -1.97. The number of ketones is 1. The number of anilines is 1. The average molecular weight is 712 g/mol. The SMILES string of the molecule is COc1ccccc1N1CCN(CCCNC(=O)c2cccc3c(=O)c(C)c(-c4ccc(C(=O)c5ccccc5)cc4)oc23)CC1.CS(=O)(=O)O. The molecule has 0 radical (unpaired) electrons. The van der Waals surface area contributed by atoms with Gasteiger partial charge in [-0.25, -0.2) is 0 Å². The van der Waals surface area contributed by atoms with Crippen molar-refractivity contribution < 1.29 is 31.7 Å². The van der Waals surface area contributed by atoms with E-state index in [1.807, 2.05) is 36.4 Å². The first-order chi connectivity index (χ1) is 24.4. The number of benzene rings is 4. The third kappa shape index (κ3) is 9.48. The second kappa shape index (κ2) is 16.6. The van der Waals surface area contributed by atoms with Crippen molar-refractivity contribution in [3.05, 3.63) is 130 Å². The number of rotatable bonds is 10. The molecule has 1 aliphatic heterocycles. The Morgan fingerprint density at radius 3 is 2.16 bits per heavy atom. The molecule has 4 aromatic carbocycles. The predicted octanol–water partition coefficient (Wildman–Crippen LogP) is 5.45. The minimum absolute atomic E-state index is 0.0853. The van der Waals surface area contributed by atoms with Crippen LogP contribution in [-0.4, -0.2) is 82.2 Å². The van der Waals surface area contributed by atoms with Gasteiger partial charge in [0.15, 0.2) is 16.8 Å². The lowest BCUT2D eigenvalue weighted by Gasteiger charge is -2.36. The third-order valence-electron chi connectivity index (χ3n) is 8.57. The van der Waals surface area contributed by atoms with Gasteiger partial charge in [-0.1, -0.05) is 72.8 Å². The molecule has 1 fully saturated rings. The Labute approximate surface area is 297 Å². The number of methoxy groups -OCH3 is 1. The molecule has 1 aromatic heterocycles. The van der Waals surface area contributed by atoms with Crippen molar-refractivity contribution in [2.24, 2.45) is 0 Å². The van der Waals surface area contributed by atoms with Gasteiger partial charge in [-0.3, -0.25) is 23.8 Å². The van der Waals surface area contributed by atoms with E-state index < -0.39 is 10.1 Å². The summed E-state index contributed by atoms with van der Waals surface area (Å²) in [4.78, 5) is 44.3. The Kier molecular flexibility index (Phi) is 12.0. The second-order valence-electron chi connectivity index (χ2n) is 12.2. The largest absolute Gasteiger partial charge is 0.495 e. The Balaban J connectivity index is 0.000000943. The predicted molar refractivity (Wildman–Crippen MR) is 199 cm³/mol. The molecular weight excluding hydrogens is 671 g/mol. The van der Waals surface area contributed by atoms with Gasteiger partial charge in [-0.05, 0) is 44.2 Å². The van der Waals surface area contributed by atoms with Gasteiger partial charge in [-0.2, -0.15) is 8.42 Å². The van der Waals surface area contributed by atoms with Gasteiger partial charge in [0.25, 0.3) is 16.0 Å². The molecule has 2 heterocycles. The van der Waals surface area contributed by atoms with E-state index in [2.05, 4.69) is 21.2 Å². The number of carbonyl (C=O) groups is 2. The molecular formula is C39H41N3O8S. The summed E-state index contributed by atoms with van der Waals surface area (Å²) < 4.78 is 37.7. The number of nitrogens with zero attached hydrogens (tertiary/aromatic N) is 2. The molecule has 2 N–H and O–H groups in total.